The van der Waals surface area contributed by atoms with Gasteiger partial charge >= 0.3 is 5.97 Å². The average molecular weight is 410 g/mol. The second kappa shape index (κ2) is 10.4. The molecule has 1 atom stereocenters. The molecule has 1 unspecified atom stereocenters. The molecular weight excluding hydrogens is 382 g/mol. The molecule has 1 heterocycles. The normalized spacial score (nSPS) is 16.7. The van der Waals surface area contributed by atoms with Gasteiger partial charge in [0.1, 0.15) is 5.54 Å². The molecule has 4 N–H and O–H groups in total. The number of carbonyl (C=O) groups excluding carboxylic acids is 3. The third kappa shape index (κ3) is 5.70. The molecule has 1 aliphatic rings. The molecule has 8 nitrogen and oxygen atoms in total. The largest absolute Gasteiger partial charge is 0.467 e. The Balaban J connectivity index is 2.09. The lowest BCUT2D eigenvalue weighted by Gasteiger charge is -2.37. The van der Waals surface area contributed by atoms with Crippen LogP contribution < -0.4 is 16.0 Å². The predicted molar refractivity (Wildman–Crippen MR) is 106 cm³/mol. The Kier molecular flexibility index (Phi) is 8.28. The van der Waals surface area contributed by atoms with Gasteiger partial charge in [-0.2, -0.15) is 0 Å². The lowest BCUT2D eigenvalue weighted by molar-refractivity contribution is -0.147. The molecule has 1 aromatic carbocycles. The average Bonchev–Trinajstić information content (AvgIpc) is 2.72. The van der Waals surface area contributed by atoms with E-state index < -0.39 is 30.1 Å². The fraction of sp³-hybridized carbons (Fsp3) is 0.526. The molecule has 1 fully saturated rings. The van der Waals surface area contributed by atoms with Gasteiger partial charge in [-0.3, -0.25) is 9.59 Å². The van der Waals surface area contributed by atoms with Crippen LogP contribution in [0.3, 0.4) is 0 Å². The monoisotopic (exact) mass is 409 g/mol. The first kappa shape index (κ1) is 22.2. The highest BCUT2D eigenvalue weighted by Gasteiger charge is 2.42. The van der Waals surface area contributed by atoms with Gasteiger partial charge in [-0.05, 0) is 49.9 Å². The predicted octanol–water partition coefficient (Wildman–Crippen LogP) is -0.160. The molecule has 9 heteroatoms. The van der Waals surface area contributed by atoms with Crippen molar-refractivity contribution in [1.29, 1.82) is 0 Å². The molecule has 0 bridgehead atoms. The van der Waals surface area contributed by atoms with E-state index in [4.69, 9.17) is 0 Å². The number of carbonyl (C=O) groups is 3. The fourth-order valence-electron chi connectivity index (χ4n) is 3.12. The number of ether oxygens (including phenoxy) is 1. The number of hydrogen-bond donors (Lipinski definition) is 4. The van der Waals surface area contributed by atoms with Crippen molar-refractivity contribution in [3.63, 3.8) is 0 Å². The molecule has 154 valence electrons. The highest BCUT2D eigenvalue weighted by Crippen LogP contribution is 2.20. The summed E-state index contributed by atoms with van der Waals surface area (Å²) in [5.41, 5.74) is -0.286. The van der Waals surface area contributed by atoms with Crippen LogP contribution in [0.2, 0.25) is 0 Å². The highest BCUT2D eigenvalue weighted by atomic mass is 32.2. The summed E-state index contributed by atoms with van der Waals surface area (Å²) in [5.74, 6) is -1.50. The van der Waals surface area contributed by atoms with Gasteiger partial charge in [0, 0.05) is 4.90 Å². The van der Waals surface area contributed by atoms with Gasteiger partial charge in [-0.1, -0.05) is 12.1 Å². The van der Waals surface area contributed by atoms with Crippen molar-refractivity contribution in [3.05, 3.63) is 29.8 Å². The first-order chi connectivity index (χ1) is 13.4. The van der Waals surface area contributed by atoms with Gasteiger partial charge in [0.15, 0.2) is 6.04 Å². The van der Waals surface area contributed by atoms with Crippen LogP contribution in [0.1, 0.15) is 18.4 Å². The van der Waals surface area contributed by atoms with Gasteiger partial charge in [-0.25, -0.2) is 4.79 Å². The van der Waals surface area contributed by atoms with E-state index in [9.17, 15) is 19.5 Å². The van der Waals surface area contributed by atoms with Crippen molar-refractivity contribution in [2.75, 3.05) is 33.1 Å². The molecule has 0 aromatic heterocycles. The van der Waals surface area contributed by atoms with Gasteiger partial charge in [0.2, 0.25) is 11.8 Å². The quantitative estimate of drug-likeness (QED) is 0.348. The number of rotatable bonds is 8. The SMILES string of the molecule is COC(=O)C(CO)NC(=O)C1(NC(=O)Cc2ccc(SC)cc2)CCNCC1. The molecule has 0 radical (unpaired) electrons. The Morgan fingerprint density at radius 3 is 2.43 bits per heavy atom. The summed E-state index contributed by atoms with van der Waals surface area (Å²) in [6, 6.07) is 6.50. The first-order valence-electron chi connectivity index (χ1n) is 9.08. The number of thioether (sulfide) groups is 1. The van der Waals surface area contributed by atoms with Crippen molar-refractivity contribution in [3.8, 4) is 0 Å². The zero-order chi connectivity index (χ0) is 20.6. The van der Waals surface area contributed by atoms with E-state index in [0.29, 0.717) is 25.9 Å². The Morgan fingerprint density at radius 2 is 1.89 bits per heavy atom. The van der Waals surface area contributed by atoms with Crippen LogP contribution in [-0.4, -0.2) is 67.5 Å². The van der Waals surface area contributed by atoms with Crippen LogP contribution in [0.15, 0.2) is 29.2 Å². The van der Waals surface area contributed by atoms with E-state index in [2.05, 4.69) is 20.7 Å². The summed E-state index contributed by atoms with van der Waals surface area (Å²) >= 11 is 1.62. The Labute approximate surface area is 168 Å². The van der Waals surface area contributed by atoms with Crippen LogP contribution in [0.25, 0.3) is 0 Å². The van der Waals surface area contributed by atoms with Crippen molar-refractivity contribution >= 4 is 29.5 Å². The number of nitrogens with one attached hydrogen (secondary N) is 3. The minimum absolute atomic E-state index is 0.150. The van der Waals surface area contributed by atoms with Crippen LogP contribution in [0.4, 0.5) is 0 Å². The summed E-state index contributed by atoms with van der Waals surface area (Å²) in [5, 5.41) is 17.9. The second-order valence-corrected chi connectivity index (χ2v) is 7.52. The van der Waals surface area contributed by atoms with Gasteiger partial charge in [-0.15, -0.1) is 11.8 Å². The van der Waals surface area contributed by atoms with E-state index >= 15 is 0 Å². The van der Waals surface area contributed by atoms with E-state index in [1.54, 1.807) is 11.8 Å². The van der Waals surface area contributed by atoms with Gasteiger partial charge in [0.25, 0.3) is 0 Å². The molecule has 1 aromatic rings. The number of hydrogen-bond acceptors (Lipinski definition) is 7. The third-order valence-corrected chi connectivity index (χ3v) is 5.51. The molecule has 0 spiro atoms. The zero-order valence-corrected chi connectivity index (χ0v) is 16.9. The summed E-state index contributed by atoms with van der Waals surface area (Å²) in [6.07, 6.45) is 2.90. The summed E-state index contributed by atoms with van der Waals surface area (Å²) in [6.45, 7) is 0.527. The number of piperidine rings is 1. The van der Waals surface area contributed by atoms with Crippen molar-refractivity contribution < 1.29 is 24.2 Å². The number of esters is 1. The van der Waals surface area contributed by atoms with Crippen LogP contribution >= 0.6 is 11.8 Å². The maximum absolute atomic E-state index is 12.9. The molecule has 1 aliphatic heterocycles. The van der Waals surface area contributed by atoms with Gasteiger partial charge in [0.05, 0.1) is 20.1 Å². The molecule has 0 saturated carbocycles. The molecule has 28 heavy (non-hydrogen) atoms. The Morgan fingerprint density at radius 1 is 1.25 bits per heavy atom. The number of benzene rings is 1. The maximum Gasteiger partial charge on any atom is 0.330 e. The van der Waals surface area contributed by atoms with E-state index in [-0.39, 0.29) is 12.3 Å². The smallest absolute Gasteiger partial charge is 0.330 e. The first-order valence-corrected chi connectivity index (χ1v) is 10.3. The molecular formula is C19H27N3O5S. The number of aliphatic hydroxyl groups excluding tert-OH is 1. The van der Waals surface area contributed by atoms with E-state index in [1.807, 2.05) is 30.5 Å². The van der Waals surface area contributed by atoms with Crippen LogP contribution in [-0.2, 0) is 25.5 Å². The number of aliphatic hydroxyl groups is 1. The third-order valence-electron chi connectivity index (χ3n) is 4.77. The minimum Gasteiger partial charge on any atom is -0.467 e. The molecule has 0 aliphatic carbocycles. The lowest BCUT2D eigenvalue weighted by atomic mass is 9.86. The van der Waals surface area contributed by atoms with Crippen molar-refractivity contribution in [1.82, 2.24) is 16.0 Å². The molecule has 2 rings (SSSR count). The van der Waals surface area contributed by atoms with E-state index in [1.165, 1.54) is 7.11 Å². The second-order valence-electron chi connectivity index (χ2n) is 6.64. The van der Waals surface area contributed by atoms with Crippen molar-refractivity contribution in [2.45, 2.75) is 35.7 Å². The van der Waals surface area contributed by atoms with Gasteiger partial charge < -0.3 is 25.8 Å². The Bertz CT molecular complexity index is 689. The Hall–Kier alpha value is -2.10. The number of methoxy groups -OCH3 is 1. The minimum atomic E-state index is -1.17. The van der Waals surface area contributed by atoms with Crippen LogP contribution in [0.5, 0.6) is 0 Å². The molecule has 2 amide bonds. The fourth-order valence-corrected chi connectivity index (χ4v) is 3.53. The topological polar surface area (TPSA) is 117 Å². The molecule has 1 saturated heterocycles. The number of amides is 2. The summed E-state index contributed by atoms with van der Waals surface area (Å²) in [4.78, 5) is 38.3. The zero-order valence-electron chi connectivity index (χ0n) is 16.1. The van der Waals surface area contributed by atoms with Crippen LogP contribution in [0, 0.1) is 0 Å². The van der Waals surface area contributed by atoms with E-state index in [0.717, 1.165) is 10.5 Å². The standard InChI is InChI=1S/C19H27N3O5S/c1-27-17(25)15(12-23)21-18(26)19(7-9-20-10-8-19)22-16(24)11-13-3-5-14(28-2)6-4-13/h3-6,15,20,23H,7-12H2,1-2H3,(H,21,26)(H,22,24). The summed E-state index contributed by atoms with van der Waals surface area (Å²) in [7, 11) is 1.18. The lowest BCUT2D eigenvalue weighted by Crippen LogP contribution is -2.65. The summed E-state index contributed by atoms with van der Waals surface area (Å²) < 4.78 is 4.59. The maximum atomic E-state index is 12.9. The van der Waals surface area contributed by atoms with Crippen molar-refractivity contribution in [2.24, 2.45) is 0 Å². The highest BCUT2D eigenvalue weighted by molar-refractivity contribution is 7.98.